The van der Waals surface area contributed by atoms with E-state index in [0.717, 1.165) is 11.1 Å². The Balaban J connectivity index is 1.53. The van der Waals surface area contributed by atoms with Gasteiger partial charge in [0.2, 0.25) is 11.8 Å². The molecule has 6 heteroatoms. The van der Waals surface area contributed by atoms with E-state index < -0.39 is 5.41 Å². The fourth-order valence-corrected chi connectivity index (χ4v) is 3.53. The molecule has 5 nitrogen and oxygen atoms in total. The molecule has 0 aliphatic carbocycles. The van der Waals surface area contributed by atoms with Crippen LogP contribution < -0.4 is 10.6 Å². The zero-order valence-corrected chi connectivity index (χ0v) is 15.7. The van der Waals surface area contributed by atoms with Crippen molar-refractivity contribution in [1.82, 2.24) is 10.6 Å². The summed E-state index contributed by atoms with van der Waals surface area (Å²) in [7, 11) is 0. The number of hydrogen-bond acceptors (Lipinski definition) is 3. The molecule has 1 heterocycles. The summed E-state index contributed by atoms with van der Waals surface area (Å²) in [5.41, 5.74) is 1.02. The molecule has 0 spiro atoms. The van der Waals surface area contributed by atoms with Crippen molar-refractivity contribution in [2.24, 2.45) is 0 Å². The van der Waals surface area contributed by atoms with Crippen molar-refractivity contribution in [3.8, 4) is 0 Å². The molecule has 1 saturated heterocycles. The average Bonchev–Trinajstić information content (AvgIpc) is 2.73. The van der Waals surface area contributed by atoms with Crippen LogP contribution in [0.2, 0.25) is 0 Å². The minimum atomic E-state index is -0.722. The summed E-state index contributed by atoms with van der Waals surface area (Å²) in [5.74, 6) is -0.521. The number of carbonyl (C=O) groups excluding carboxylic acids is 2. The van der Waals surface area contributed by atoms with Crippen LogP contribution in [0.5, 0.6) is 0 Å². The summed E-state index contributed by atoms with van der Waals surface area (Å²) in [6.07, 6.45) is 1.40. The zero-order chi connectivity index (χ0) is 19.8. The summed E-state index contributed by atoms with van der Waals surface area (Å²) in [6, 6.07) is 15.6. The standard InChI is InChI=1S/C22H25FN2O3/c23-19-8-6-18(7-9-19)22(10-14-28-15-11-22)21(27)25-13-12-24-20(26)16-17-4-2-1-3-5-17/h1-9H,10-16H2,(H,24,26)(H,25,27). The van der Waals surface area contributed by atoms with Crippen molar-refractivity contribution < 1.29 is 18.7 Å². The second-order valence-electron chi connectivity index (χ2n) is 6.97. The van der Waals surface area contributed by atoms with Gasteiger partial charge in [-0.2, -0.15) is 0 Å². The minimum Gasteiger partial charge on any atom is -0.381 e. The van der Waals surface area contributed by atoms with Gasteiger partial charge in [-0.25, -0.2) is 4.39 Å². The van der Waals surface area contributed by atoms with Crippen LogP contribution >= 0.6 is 0 Å². The molecule has 0 bridgehead atoms. The Bertz CT molecular complexity index is 787. The predicted octanol–water partition coefficient (Wildman–Crippen LogP) is 2.35. The molecular formula is C22H25FN2O3. The van der Waals surface area contributed by atoms with Crippen molar-refractivity contribution in [2.45, 2.75) is 24.7 Å². The normalized spacial score (nSPS) is 15.6. The minimum absolute atomic E-state index is 0.0836. The third-order valence-electron chi connectivity index (χ3n) is 5.12. The van der Waals surface area contributed by atoms with E-state index in [1.165, 1.54) is 12.1 Å². The van der Waals surface area contributed by atoms with E-state index in [0.29, 0.717) is 45.6 Å². The van der Waals surface area contributed by atoms with Crippen molar-refractivity contribution >= 4 is 11.8 Å². The van der Waals surface area contributed by atoms with Crippen LogP contribution in [0.25, 0.3) is 0 Å². The van der Waals surface area contributed by atoms with Gasteiger partial charge in [-0.3, -0.25) is 9.59 Å². The highest BCUT2D eigenvalue weighted by molar-refractivity contribution is 5.88. The first kappa shape index (κ1) is 20.0. The molecule has 0 saturated carbocycles. The number of amides is 2. The van der Waals surface area contributed by atoms with Gasteiger partial charge in [0.15, 0.2) is 0 Å². The van der Waals surface area contributed by atoms with E-state index in [-0.39, 0.29) is 17.6 Å². The summed E-state index contributed by atoms with van der Waals surface area (Å²) < 4.78 is 18.7. The fraction of sp³-hybridized carbons (Fsp3) is 0.364. The molecule has 0 radical (unpaired) electrons. The van der Waals surface area contributed by atoms with Gasteiger partial charge in [0.1, 0.15) is 5.82 Å². The largest absolute Gasteiger partial charge is 0.381 e. The van der Waals surface area contributed by atoms with Crippen molar-refractivity contribution in [1.29, 1.82) is 0 Å². The van der Waals surface area contributed by atoms with Crippen LogP contribution in [-0.4, -0.2) is 38.1 Å². The van der Waals surface area contributed by atoms with Gasteiger partial charge in [0.05, 0.1) is 11.8 Å². The average molecular weight is 384 g/mol. The highest BCUT2D eigenvalue weighted by Crippen LogP contribution is 2.35. The Kier molecular flexibility index (Phi) is 6.76. The quantitative estimate of drug-likeness (QED) is 0.720. The number of hydrogen-bond donors (Lipinski definition) is 2. The summed E-state index contributed by atoms with van der Waals surface area (Å²) in [6.45, 7) is 1.66. The highest BCUT2D eigenvalue weighted by atomic mass is 19.1. The molecule has 2 aromatic rings. The number of rotatable bonds is 7. The van der Waals surface area contributed by atoms with Crippen LogP contribution in [0.4, 0.5) is 4.39 Å². The summed E-state index contributed by atoms with van der Waals surface area (Å²) >= 11 is 0. The van der Waals surface area contributed by atoms with Gasteiger partial charge >= 0.3 is 0 Å². The first-order valence-corrected chi connectivity index (χ1v) is 9.53. The Hall–Kier alpha value is -2.73. The Morgan fingerprint density at radius 2 is 1.57 bits per heavy atom. The lowest BCUT2D eigenvalue weighted by molar-refractivity contribution is -0.130. The number of halogens is 1. The van der Waals surface area contributed by atoms with Gasteiger partial charge in [-0.1, -0.05) is 42.5 Å². The molecule has 2 aromatic carbocycles. The van der Waals surface area contributed by atoms with E-state index in [9.17, 15) is 14.0 Å². The first-order chi connectivity index (χ1) is 13.6. The number of benzene rings is 2. The molecule has 1 aliphatic rings. The monoisotopic (exact) mass is 384 g/mol. The van der Waals surface area contributed by atoms with Crippen LogP contribution in [0.3, 0.4) is 0 Å². The lowest BCUT2D eigenvalue weighted by Gasteiger charge is -2.36. The van der Waals surface area contributed by atoms with Crippen molar-refractivity contribution in [3.05, 3.63) is 71.5 Å². The molecule has 0 atom stereocenters. The van der Waals surface area contributed by atoms with Gasteiger partial charge in [0, 0.05) is 26.3 Å². The Labute approximate surface area is 164 Å². The maximum absolute atomic E-state index is 13.3. The lowest BCUT2D eigenvalue weighted by Crippen LogP contribution is -2.49. The third kappa shape index (κ3) is 4.95. The molecule has 3 rings (SSSR count). The molecule has 2 amide bonds. The van der Waals surface area contributed by atoms with Crippen molar-refractivity contribution in [2.75, 3.05) is 26.3 Å². The molecule has 0 aromatic heterocycles. The van der Waals surface area contributed by atoms with Gasteiger partial charge < -0.3 is 15.4 Å². The van der Waals surface area contributed by atoms with Gasteiger partial charge in [-0.05, 0) is 36.1 Å². The smallest absolute Gasteiger partial charge is 0.230 e. The van der Waals surface area contributed by atoms with Gasteiger partial charge in [-0.15, -0.1) is 0 Å². The zero-order valence-electron chi connectivity index (χ0n) is 15.7. The van der Waals surface area contributed by atoms with E-state index in [4.69, 9.17) is 4.74 Å². The third-order valence-corrected chi connectivity index (χ3v) is 5.12. The number of carbonyl (C=O) groups is 2. The van der Waals surface area contributed by atoms with E-state index in [1.807, 2.05) is 30.3 Å². The van der Waals surface area contributed by atoms with E-state index >= 15 is 0 Å². The summed E-state index contributed by atoms with van der Waals surface area (Å²) in [4.78, 5) is 25.0. The molecule has 1 fully saturated rings. The Morgan fingerprint density at radius 1 is 0.929 bits per heavy atom. The fourth-order valence-electron chi connectivity index (χ4n) is 3.53. The topological polar surface area (TPSA) is 67.4 Å². The molecule has 0 unspecified atom stereocenters. The predicted molar refractivity (Wildman–Crippen MR) is 104 cm³/mol. The maximum Gasteiger partial charge on any atom is 0.230 e. The summed E-state index contributed by atoms with van der Waals surface area (Å²) in [5, 5.41) is 5.74. The first-order valence-electron chi connectivity index (χ1n) is 9.53. The molecule has 28 heavy (non-hydrogen) atoms. The molecular weight excluding hydrogens is 359 g/mol. The van der Waals surface area contributed by atoms with Crippen LogP contribution in [0.1, 0.15) is 24.0 Å². The van der Waals surface area contributed by atoms with Crippen LogP contribution in [0.15, 0.2) is 54.6 Å². The second kappa shape index (κ2) is 9.46. The second-order valence-corrected chi connectivity index (χ2v) is 6.97. The highest BCUT2D eigenvalue weighted by Gasteiger charge is 2.41. The maximum atomic E-state index is 13.3. The van der Waals surface area contributed by atoms with Crippen molar-refractivity contribution in [3.63, 3.8) is 0 Å². The van der Waals surface area contributed by atoms with Gasteiger partial charge in [0.25, 0.3) is 0 Å². The van der Waals surface area contributed by atoms with Crippen LogP contribution in [-0.2, 0) is 26.2 Å². The lowest BCUT2D eigenvalue weighted by atomic mass is 9.73. The van der Waals surface area contributed by atoms with E-state index in [2.05, 4.69) is 10.6 Å². The molecule has 1 aliphatic heterocycles. The van der Waals surface area contributed by atoms with E-state index in [1.54, 1.807) is 12.1 Å². The number of nitrogens with one attached hydrogen (secondary N) is 2. The molecule has 2 N–H and O–H groups in total. The van der Waals surface area contributed by atoms with Crippen LogP contribution in [0, 0.1) is 5.82 Å². The molecule has 148 valence electrons. The number of ether oxygens (including phenoxy) is 1. The SMILES string of the molecule is O=C(Cc1ccccc1)NCCNC(=O)C1(c2ccc(F)cc2)CCOCC1. The Morgan fingerprint density at radius 3 is 2.25 bits per heavy atom.